The summed E-state index contributed by atoms with van der Waals surface area (Å²) in [4.78, 5) is 19.0. The van der Waals surface area contributed by atoms with Crippen molar-refractivity contribution >= 4 is 44.1 Å². The van der Waals surface area contributed by atoms with Crippen molar-refractivity contribution < 1.29 is 31.5 Å². The summed E-state index contributed by atoms with van der Waals surface area (Å²) in [5.74, 6) is -0.823. The lowest BCUT2D eigenvalue weighted by atomic mass is 10.3. The van der Waals surface area contributed by atoms with E-state index in [2.05, 4.69) is 24.8 Å². The van der Waals surface area contributed by atoms with Crippen LogP contribution in [0.5, 0.6) is 11.5 Å². The number of sulfone groups is 1. The number of carbonyl (C=O) groups is 1. The summed E-state index contributed by atoms with van der Waals surface area (Å²) in [7, 11) is -3.40. The third-order valence-corrected chi connectivity index (χ3v) is 6.21. The number of fused-ring (bicyclic) bond motifs is 2. The van der Waals surface area contributed by atoms with Gasteiger partial charge >= 0.3 is 6.29 Å². The number of thiophene rings is 1. The molecular weight excluding hydrogens is 392 g/mol. The number of alkyl halides is 2. The molecule has 0 fully saturated rings. The number of halogens is 2. The SMILES string of the molecule is CS(=O)(=O)c1cc(C(=O)Nc2nc3cc4c(cc3[nH]2)OC(F)(F)O4)cs1. The van der Waals surface area contributed by atoms with Gasteiger partial charge in [0, 0.05) is 23.8 Å². The van der Waals surface area contributed by atoms with Crippen LogP contribution in [0.3, 0.4) is 0 Å². The first-order chi connectivity index (χ1) is 12.1. The van der Waals surface area contributed by atoms with Crippen molar-refractivity contribution in [2.24, 2.45) is 0 Å². The highest BCUT2D eigenvalue weighted by atomic mass is 32.2. The van der Waals surface area contributed by atoms with Crippen LogP contribution < -0.4 is 14.8 Å². The molecule has 0 atom stereocenters. The highest BCUT2D eigenvalue weighted by Gasteiger charge is 2.43. The van der Waals surface area contributed by atoms with Gasteiger partial charge in [0.15, 0.2) is 21.3 Å². The fourth-order valence-electron chi connectivity index (χ4n) is 2.32. The van der Waals surface area contributed by atoms with Gasteiger partial charge in [-0.3, -0.25) is 10.1 Å². The number of ether oxygens (including phenoxy) is 2. The molecule has 136 valence electrons. The van der Waals surface area contributed by atoms with E-state index in [-0.39, 0.29) is 32.7 Å². The maximum Gasteiger partial charge on any atom is 0.586 e. The lowest BCUT2D eigenvalue weighted by Gasteiger charge is -2.04. The lowest BCUT2D eigenvalue weighted by Crippen LogP contribution is -2.25. The quantitative estimate of drug-likeness (QED) is 0.698. The molecular formula is C14H9F2N3O5S2. The first kappa shape index (κ1) is 16.7. The Morgan fingerprint density at radius 1 is 1.27 bits per heavy atom. The van der Waals surface area contributed by atoms with Crippen molar-refractivity contribution in [3.05, 3.63) is 29.1 Å². The van der Waals surface area contributed by atoms with Crippen LogP contribution in [0.2, 0.25) is 0 Å². The molecule has 8 nitrogen and oxygen atoms in total. The van der Waals surface area contributed by atoms with E-state index in [1.54, 1.807) is 0 Å². The van der Waals surface area contributed by atoms with E-state index < -0.39 is 22.0 Å². The minimum absolute atomic E-state index is 0.0625. The predicted molar refractivity (Wildman–Crippen MR) is 87.7 cm³/mol. The molecule has 3 aromatic rings. The van der Waals surface area contributed by atoms with Gasteiger partial charge in [-0.25, -0.2) is 13.4 Å². The number of carbonyl (C=O) groups excluding carboxylic acids is 1. The average molecular weight is 401 g/mol. The van der Waals surface area contributed by atoms with E-state index in [9.17, 15) is 22.0 Å². The summed E-state index contributed by atoms with van der Waals surface area (Å²) in [5, 5.41) is 3.89. The Labute approximate surface area is 148 Å². The first-order valence-electron chi connectivity index (χ1n) is 7.00. The van der Waals surface area contributed by atoms with Crippen LogP contribution in [-0.2, 0) is 9.84 Å². The zero-order valence-corrected chi connectivity index (χ0v) is 14.5. The fraction of sp³-hybridized carbons (Fsp3) is 0.143. The molecule has 1 aliphatic heterocycles. The second-order valence-corrected chi connectivity index (χ2v) is 8.60. The Kier molecular flexibility index (Phi) is 3.46. The number of nitrogens with zero attached hydrogens (tertiary/aromatic N) is 1. The lowest BCUT2D eigenvalue weighted by molar-refractivity contribution is -0.286. The molecule has 2 aromatic heterocycles. The molecule has 0 bridgehead atoms. The molecule has 0 aliphatic carbocycles. The number of aromatic amines is 1. The zero-order valence-electron chi connectivity index (χ0n) is 12.9. The maximum atomic E-state index is 13.0. The number of rotatable bonds is 3. The molecule has 0 spiro atoms. The summed E-state index contributed by atoms with van der Waals surface area (Å²) in [5.41, 5.74) is 0.787. The number of imidazole rings is 1. The van der Waals surface area contributed by atoms with Gasteiger partial charge in [0.2, 0.25) is 5.95 Å². The van der Waals surface area contributed by atoms with Crippen molar-refractivity contribution in [2.75, 3.05) is 11.6 Å². The van der Waals surface area contributed by atoms with E-state index in [1.165, 1.54) is 23.6 Å². The minimum atomic E-state index is -3.73. The van der Waals surface area contributed by atoms with E-state index in [0.29, 0.717) is 5.52 Å². The zero-order chi connectivity index (χ0) is 18.7. The van der Waals surface area contributed by atoms with Crippen molar-refractivity contribution in [1.29, 1.82) is 0 Å². The van der Waals surface area contributed by atoms with E-state index in [0.717, 1.165) is 17.6 Å². The number of amides is 1. The maximum absolute atomic E-state index is 13.0. The Morgan fingerprint density at radius 2 is 1.96 bits per heavy atom. The number of hydrogen-bond acceptors (Lipinski definition) is 7. The normalized spacial score (nSPS) is 15.3. The largest absolute Gasteiger partial charge is 0.586 e. The highest BCUT2D eigenvalue weighted by molar-refractivity contribution is 7.92. The van der Waals surface area contributed by atoms with Crippen LogP contribution in [0, 0.1) is 0 Å². The monoisotopic (exact) mass is 401 g/mol. The van der Waals surface area contributed by atoms with Gasteiger partial charge < -0.3 is 14.5 Å². The number of nitrogens with one attached hydrogen (secondary N) is 2. The molecule has 2 N–H and O–H groups in total. The Morgan fingerprint density at radius 3 is 2.62 bits per heavy atom. The van der Waals surface area contributed by atoms with Gasteiger partial charge in [0.1, 0.15) is 4.21 Å². The summed E-state index contributed by atoms with van der Waals surface area (Å²) >= 11 is 0.931. The summed E-state index contributed by atoms with van der Waals surface area (Å²) in [6.07, 6.45) is -2.68. The van der Waals surface area contributed by atoms with Crippen LogP contribution in [0.4, 0.5) is 14.7 Å². The summed E-state index contributed by atoms with van der Waals surface area (Å²) in [6, 6.07) is 3.79. The number of anilines is 1. The van der Waals surface area contributed by atoms with Gasteiger partial charge in [0.05, 0.1) is 16.6 Å². The number of aromatic nitrogens is 2. The van der Waals surface area contributed by atoms with E-state index in [4.69, 9.17) is 0 Å². The smallest absolute Gasteiger partial charge is 0.395 e. The Hall–Kier alpha value is -2.73. The second-order valence-electron chi connectivity index (χ2n) is 5.45. The standard InChI is InChI=1S/C14H9F2N3O5S2/c1-26(21,22)11-2-6(5-25-11)12(20)19-13-17-7-3-9-10(4-8(7)18-13)24-14(15,16)23-9/h2-5H,1H3,(H2,17,18,19,20). The molecule has 4 rings (SSSR count). The van der Waals surface area contributed by atoms with Gasteiger partial charge in [-0.15, -0.1) is 20.1 Å². The molecule has 1 aliphatic rings. The molecule has 3 heterocycles. The molecule has 1 amide bonds. The van der Waals surface area contributed by atoms with Crippen molar-refractivity contribution in [3.8, 4) is 11.5 Å². The molecule has 26 heavy (non-hydrogen) atoms. The predicted octanol–water partition coefficient (Wildman–Crippen LogP) is 2.60. The molecule has 0 saturated heterocycles. The van der Waals surface area contributed by atoms with Crippen LogP contribution in [-0.4, -0.2) is 36.8 Å². The minimum Gasteiger partial charge on any atom is -0.395 e. The van der Waals surface area contributed by atoms with Crippen LogP contribution in [0.25, 0.3) is 11.0 Å². The fourth-order valence-corrected chi connectivity index (χ4v) is 4.12. The van der Waals surface area contributed by atoms with Crippen LogP contribution in [0.1, 0.15) is 10.4 Å². The summed E-state index contributed by atoms with van der Waals surface area (Å²) < 4.78 is 57.8. The second kappa shape index (κ2) is 5.38. The van der Waals surface area contributed by atoms with Crippen molar-refractivity contribution in [3.63, 3.8) is 0 Å². The van der Waals surface area contributed by atoms with Gasteiger partial charge in [-0.05, 0) is 6.07 Å². The van der Waals surface area contributed by atoms with Gasteiger partial charge in [-0.2, -0.15) is 0 Å². The number of benzene rings is 1. The molecule has 12 heteroatoms. The highest BCUT2D eigenvalue weighted by Crippen LogP contribution is 2.42. The van der Waals surface area contributed by atoms with Crippen LogP contribution in [0.15, 0.2) is 27.8 Å². The molecule has 0 unspecified atom stereocenters. The third-order valence-electron chi connectivity index (χ3n) is 3.44. The van der Waals surface area contributed by atoms with Crippen molar-refractivity contribution in [1.82, 2.24) is 9.97 Å². The topological polar surface area (TPSA) is 110 Å². The molecule has 0 radical (unpaired) electrons. The average Bonchev–Trinajstić information content (AvgIpc) is 3.17. The van der Waals surface area contributed by atoms with E-state index in [1.807, 2.05) is 0 Å². The Balaban J connectivity index is 1.58. The Bertz CT molecular complexity index is 1110. The van der Waals surface area contributed by atoms with Gasteiger partial charge in [-0.1, -0.05) is 0 Å². The van der Waals surface area contributed by atoms with Gasteiger partial charge in [0.25, 0.3) is 5.91 Å². The number of H-pyrrole nitrogens is 1. The molecule has 1 aromatic carbocycles. The molecule has 0 saturated carbocycles. The van der Waals surface area contributed by atoms with E-state index >= 15 is 0 Å². The van der Waals surface area contributed by atoms with Crippen LogP contribution >= 0.6 is 11.3 Å². The first-order valence-corrected chi connectivity index (χ1v) is 9.77. The number of hydrogen-bond donors (Lipinski definition) is 2. The third kappa shape index (κ3) is 2.97. The summed E-state index contributed by atoms with van der Waals surface area (Å²) in [6.45, 7) is 0. The van der Waals surface area contributed by atoms with Crippen molar-refractivity contribution in [2.45, 2.75) is 10.5 Å².